The molecule has 96 valence electrons. The Labute approximate surface area is 112 Å². The molecule has 0 aliphatic carbocycles. The van der Waals surface area contributed by atoms with Crippen molar-refractivity contribution in [3.8, 4) is 0 Å². The molecule has 0 saturated heterocycles. The van der Waals surface area contributed by atoms with Crippen molar-refractivity contribution < 1.29 is 8.42 Å². The molecule has 0 atom stereocenters. The second-order valence-electron chi connectivity index (χ2n) is 4.06. The lowest BCUT2D eigenvalue weighted by atomic mass is 10.2. The van der Waals surface area contributed by atoms with Gasteiger partial charge in [-0.3, -0.25) is 0 Å². The molecule has 1 N–H and O–H groups in total. The van der Waals surface area contributed by atoms with Crippen molar-refractivity contribution >= 4 is 26.0 Å². The summed E-state index contributed by atoms with van der Waals surface area (Å²) in [6.45, 7) is 4.19. The van der Waals surface area contributed by atoms with Crippen molar-refractivity contribution in [2.75, 3.05) is 11.9 Å². The predicted octanol–water partition coefficient (Wildman–Crippen LogP) is 2.76. The van der Waals surface area contributed by atoms with Crippen LogP contribution in [0.4, 0.5) is 0 Å². The molecule has 0 heterocycles. The maximum atomic E-state index is 12.0. The molecular weight excluding hydrogens is 302 g/mol. The zero-order chi connectivity index (χ0) is 12.9. The molecule has 5 heteroatoms. The zero-order valence-corrected chi connectivity index (χ0v) is 12.6. The van der Waals surface area contributed by atoms with Crippen LogP contribution in [0.1, 0.15) is 24.0 Å². The molecule has 0 aliphatic heterocycles. The standard InChI is InChI=1S/C12H18BrNO2S/c1-10-5-6-11(2)12(9-10)17(15,16)14-8-4-3-7-13/h5-6,9,14H,3-4,7-8H2,1-2H3. The van der Waals surface area contributed by atoms with E-state index in [0.29, 0.717) is 11.4 Å². The van der Waals surface area contributed by atoms with Gasteiger partial charge in [0.05, 0.1) is 4.90 Å². The summed E-state index contributed by atoms with van der Waals surface area (Å²) in [7, 11) is -3.36. The lowest BCUT2D eigenvalue weighted by molar-refractivity contribution is 0.578. The summed E-state index contributed by atoms with van der Waals surface area (Å²) in [6, 6.07) is 5.46. The summed E-state index contributed by atoms with van der Waals surface area (Å²) >= 11 is 3.32. The number of nitrogens with one attached hydrogen (secondary N) is 1. The van der Waals surface area contributed by atoms with Gasteiger partial charge in [0.1, 0.15) is 0 Å². The second-order valence-corrected chi connectivity index (χ2v) is 6.59. The first kappa shape index (κ1) is 14.7. The SMILES string of the molecule is Cc1ccc(C)c(S(=O)(=O)NCCCCBr)c1. The van der Waals surface area contributed by atoms with E-state index < -0.39 is 10.0 Å². The van der Waals surface area contributed by atoms with Crippen LogP contribution in [0.3, 0.4) is 0 Å². The molecule has 17 heavy (non-hydrogen) atoms. The van der Waals surface area contributed by atoms with Crippen molar-refractivity contribution in [2.45, 2.75) is 31.6 Å². The van der Waals surface area contributed by atoms with Gasteiger partial charge in [-0.2, -0.15) is 0 Å². The average Bonchev–Trinajstić information content (AvgIpc) is 2.28. The number of rotatable bonds is 6. The molecular formula is C12H18BrNO2S. The Morgan fingerprint density at radius 2 is 1.94 bits per heavy atom. The van der Waals surface area contributed by atoms with E-state index in [-0.39, 0.29) is 0 Å². The Bertz CT molecular complexity index is 471. The van der Waals surface area contributed by atoms with Gasteiger partial charge < -0.3 is 0 Å². The molecule has 0 saturated carbocycles. The molecule has 1 aromatic carbocycles. The molecule has 0 unspecified atom stereocenters. The van der Waals surface area contributed by atoms with E-state index in [2.05, 4.69) is 20.7 Å². The highest BCUT2D eigenvalue weighted by molar-refractivity contribution is 9.09. The second kappa shape index (κ2) is 6.52. The van der Waals surface area contributed by atoms with Crippen LogP contribution < -0.4 is 4.72 Å². The fourth-order valence-corrected chi connectivity index (χ4v) is 3.30. The molecule has 1 aromatic rings. The first-order valence-electron chi connectivity index (χ1n) is 5.60. The first-order chi connectivity index (χ1) is 7.97. The Hall–Kier alpha value is -0.390. The van der Waals surface area contributed by atoms with Crippen LogP contribution in [0, 0.1) is 13.8 Å². The number of hydrogen-bond acceptors (Lipinski definition) is 2. The van der Waals surface area contributed by atoms with Crippen LogP contribution in [0.2, 0.25) is 0 Å². The quantitative estimate of drug-likeness (QED) is 0.647. The molecule has 0 amide bonds. The summed E-state index contributed by atoms with van der Waals surface area (Å²) in [6.07, 6.45) is 1.81. The Balaban J connectivity index is 2.79. The fourth-order valence-electron chi connectivity index (χ4n) is 1.50. The average molecular weight is 320 g/mol. The molecule has 0 spiro atoms. The third-order valence-electron chi connectivity index (χ3n) is 2.49. The van der Waals surface area contributed by atoms with Gasteiger partial charge in [0.25, 0.3) is 0 Å². The van der Waals surface area contributed by atoms with Crippen molar-refractivity contribution in [3.63, 3.8) is 0 Å². The van der Waals surface area contributed by atoms with Gasteiger partial charge in [-0.15, -0.1) is 0 Å². The van der Waals surface area contributed by atoms with Crippen molar-refractivity contribution in [3.05, 3.63) is 29.3 Å². The van der Waals surface area contributed by atoms with Gasteiger partial charge in [-0.25, -0.2) is 13.1 Å². The van der Waals surface area contributed by atoms with Crippen LogP contribution in [0.5, 0.6) is 0 Å². The van der Waals surface area contributed by atoms with E-state index in [1.165, 1.54) is 0 Å². The number of alkyl halides is 1. The summed E-state index contributed by atoms with van der Waals surface area (Å²) < 4.78 is 26.7. The number of sulfonamides is 1. The maximum Gasteiger partial charge on any atom is 0.240 e. The predicted molar refractivity (Wildman–Crippen MR) is 74.1 cm³/mol. The summed E-state index contributed by atoms with van der Waals surface area (Å²) in [5.41, 5.74) is 1.74. The van der Waals surface area contributed by atoms with Crippen LogP contribution in [-0.2, 0) is 10.0 Å². The fraction of sp³-hybridized carbons (Fsp3) is 0.500. The highest BCUT2D eigenvalue weighted by atomic mass is 79.9. The smallest absolute Gasteiger partial charge is 0.211 e. The molecule has 3 nitrogen and oxygen atoms in total. The number of halogens is 1. The Morgan fingerprint density at radius 3 is 2.59 bits per heavy atom. The Morgan fingerprint density at radius 1 is 1.24 bits per heavy atom. The van der Waals surface area contributed by atoms with Gasteiger partial charge in [0, 0.05) is 11.9 Å². The van der Waals surface area contributed by atoms with E-state index in [9.17, 15) is 8.42 Å². The van der Waals surface area contributed by atoms with Crippen LogP contribution in [-0.4, -0.2) is 20.3 Å². The van der Waals surface area contributed by atoms with E-state index in [0.717, 1.165) is 29.3 Å². The van der Waals surface area contributed by atoms with Gasteiger partial charge in [-0.05, 0) is 43.9 Å². The monoisotopic (exact) mass is 319 g/mol. The molecule has 0 bridgehead atoms. The summed E-state index contributed by atoms with van der Waals surface area (Å²) in [5, 5.41) is 0.901. The summed E-state index contributed by atoms with van der Waals surface area (Å²) in [4.78, 5) is 0.386. The van der Waals surface area contributed by atoms with E-state index in [4.69, 9.17) is 0 Å². The largest absolute Gasteiger partial charge is 0.240 e. The van der Waals surface area contributed by atoms with Crippen molar-refractivity contribution in [2.24, 2.45) is 0 Å². The molecule has 0 aliphatic rings. The Kier molecular flexibility index (Phi) is 5.62. The van der Waals surface area contributed by atoms with E-state index in [1.54, 1.807) is 6.07 Å². The molecule has 0 radical (unpaired) electrons. The normalized spacial score (nSPS) is 11.7. The number of aryl methyl sites for hydroxylation is 2. The number of hydrogen-bond donors (Lipinski definition) is 1. The zero-order valence-electron chi connectivity index (χ0n) is 10.2. The van der Waals surface area contributed by atoms with Crippen LogP contribution in [0.15, 0.2) is 23.1 Å². The number of benzene rings is 1. The van der Waals surface area contributed by atoms with Gasteiger partial charge in [-0.1, -0.05) is 28.1 Å². The minimum Gasteiger partial charge on any atom is -0.211 e. The van der Waals surface area contributed by atoms with E-state index >= 15 is 0 Å². The van der Waals surface area contributed by atoms with Crippen molar-refractivity contribution in [1.82, 2.24) is 4.72 Å². The first-order valence-corrected chi connectivity index (χ1v) is 8.21. The molecule has 0 aromatic heterocycles. The summed E-state index contributed by atoms with van der Waals surface area (Å²) in [5.74, 6) is 0. The highest BCUT2D eigenvalue weighted by Gasteiger charge is 2.15. The van der Waals surface area contributed by atoms with E-state index in [1.807, 2.05) is 26.0 Å². The number of unbranched alkanes of at least 4 members (excludes halogenated alkanes) is 1. The third-order valence-corrected chi connectivity index (χ3v) is 4.65. The topological polar surface area (TPSA) is 46.2 Å². The lowest BCUT2D eigenvalue weighted by Gasteiger charge is -2.09. The van der Waals surface area contributed by atoms with Gasteiger partial charge in [0.15, 0.2) is 0 Å². The third kappa shape index (κ3) is 4.41. The van der Waals surface area contributed by atoms with Crippen LogP contribution in [0.25, 0.3) is 0 Å². The van der Waals surface area contributed by atoms with Gasteiger partial charge >= 0.3 is 0 Å². The minimum atomic E-state index is -3.36. The minimum absolute atomic E-state index is 0.386. The van der Waals surface area contributed by atoms with Crippen molar-refractivity contribution in [1.29, 1.82) is 0 Å². The molecule has 1 rings (SSSR count). The van der Waals surface area contributed by atoms with Gasteiger partial charge in [0.2, 0.25) is 10.0 Å². The highest BCUT2D eigenvalue weighted by Crippen LogP contribution is 2.16. The molecule has 0 fully saturated rings. The lowest BCUT2D eigenvalue weighted by Crippen LogP contribution is -2.25. The van der Waals surface area contributed by atoms with Crippen LogP contribution >= 0.6 is 15.9 Å². The maximum absolute atomic E-state index is 12.0.